The molecule has 0 unspecified atom stereocenters. The standard InChI is InChI=1S/C29H38F3N3O2S.2ClH/c1-2-3-4-5-11-28(36)37-21-20-34-18-16-33(17-19-34)14-8-15-35-24-9-6-7-10-26(24)38-27-13-12-23(22-25(27)35)29(30,31)32;;/h6-7,9-10,12-13,22H,2-5,8,11,14-21H2,1H3;2*1H. The lowest BCUT2D eigenvalue weighted by Gasteiger charge is -2.36. The molecule has 11 heteroatoms. The summed E-state index contributed by atoms with van der Waals surface area (Å²) in [6.45, 7) is 8.62. The number of carbonyl (C=O) groups is 1. The normalized spacial score (nSPS) is 15.4. The first-order chi connectivity index (χ1) is 18.3. The molecule has 4 rings (SSSR count). The molecule has 0 amide bonds. The van der Waals surface area contributed by atoms with Gasteiger partial charge in [0.1, 0.15) is 6.61 Å². The average Bonchev–Trinajstić information content (AvgIpc) is 2.91. The maximum absolute atomic E-state index is 13.4. The van der Waals surface area contributed by atoms with Crippen molar-refractivity contribution in [2.45, 2.75) is 61.4 Å². The van der Waals surface area contributed by atoms with E-state index < -0.39 is 11.7 Å². The number of hydrogen-bond acceptors (Lipinski definition) is 6. The molecule has 2 aromatic rings. The summed E-state index contributed by atoms with van der Waals surface area (Å²) in [4.78, 5) is 20.6. The molecule has 1 fully saturated rings. The molecule has 0 saturated carbocycles. The van der Waals surface area contributed by atoms with Crippen molar-refractivity contribution >= 4 is 53.9 Å². The summed E-state index contributed by atoms with van der Waals surface area (Å²) in [5.41, 5.74) is 0.988. The van der Waals surface area contributed by atoms with Crippen LogP contribution >= 0.6 is 36.6 Å². The van der Waals surface area contributed by atoms with Crippen LogP contribution in [0.15, 0.2) is 52.3 Å². The Bertz CT molecular complexity index is 1070. The lowest BCUT2D eigenvalue weighted by Crippen LogP contribution is -2.47. The summed E-state index contributed by atoms with van der Waals surface area (Å²) in [7, 11) is 0. The highest BCUT2D eigenvalue weighted by molar-refractivity contribution is 7.99. The topological polar surface area (TPSA) is 36.0 Å². The quantitative estimate of drug-likeness (QED) is 0.179. The largest absolute Gasteiger partial charge is 0.464 e. The van der Waals surface area contributed by atoms with E-state index in [4.69, 9.17) is 4.74 Å². The molecular weight excluding hydrogens is 582 g/mol. The van der Waals surface area contributed by atoms with E-state index >= 15 is 0 Å². The minimum atomic E-state index is -4.37. The Morgan fingerprint density at radius 1 is 0.850 bits per heavy atom. The van der Waals surface area contributed by atoms with Gasteiger partial charge in [0.15, 0.2) is 0 Å². The Kier molecular flexibility index (Phi) is 14.4. The second-order valence-electron chi connectivity index (χ2n) is 9.97. The third-order valence-corrected chi connectivity index (χ3v) is 8.31. The first-order valence-electron chi connectivity index (χ1n) is 13.7. The van der Waals surface area contributed by atoms with Gasteiger partial charge in [0.2, 0.25) is 0 Å². The van der Waals surface area contributed by atoms with E-state index in [-0.39, 0.29) is 30.8 Å². The van der Waals surface area contributed by atoms with Crippen LogP contribution in [-0.2, 0) is 15.7 Å². The van der Waals surface area contributed by atoms with E-state index in [1.165, 1.54) is 23.9 Å². The SMILES string of the molecule is CCCCCCC(=O)OCCN1CCN(CCCN2c3ccccc3Sc3ccc(C(F)(F)F)cc32)CC1.Cl.Cl. The summed E-state index contributed by atoms with van der Waals surface area (Å²) in [6.07, 6.45) is 1.30. The van der Waals surface area contributed by atoms with Crippen molar-refractivity contribution < 1.29 is 22.7 Å². The van der Waals surface area contributed by atoms with Gasteiger partial charge in [0.05, 0.1) is 16.9 Å². The number of benzene rings is 2. The smallest absolute Gasteiger partial charge is 0.416 e. The average molecular weight is 623 g/mol. The highest BCUT2D eigenvalue weighted by Gasteiger charge is 2.33. The number of unbranched alkanes of at least 4 members (excludes halogenated alkanes) is 3. The van der Waals surface area contributed by atoms with Crippen molar-refractivity contribution in [3.05, 3.63) is 48.0 Å². The number of piperazine rings is 1. The van der Waals surface area contributed by atoms with Crippen LogP contribution in [0.25, 0.3) is 0 Å². The molecule has 0 aromatic heterocycles. The van der Waals surface area contributed by atoms with Crippen molar-refractivity contribution in [1.82, 2.24) is 9.80 Å². The van der Waals surface area contributed by atoms with Gasteiger partial charge in [0.25, 0.3) is 0 Å². The van der Waals surface area contributed by atoms with Gasteiger partial charge < -0.3 is 14.5 Å². The number of anilines is 2. The number of carbonyl (C=O) groups excluding carboxylic acids is 1. The molecule has 2 aromatic carbocycles. The first kappa shape index (κ1) is 34.6. The Morgan fingerprint density at radius 3 is 2.23 bits per heavy atom. The van der Waals surface area contributed by atoms with Crippen LogP contribution in [0.5, 0.6) is 0 Å². The van der Waals surface area contributed by atoms with Crippen molar-refractivity contribution in [1.29, 1.82) is 0 Å². The van der Waals surface area contributed by atoms with Gasteiger partial charge in [-0.1, -0.05) is 50.1 Å². The van der Waals surface area contributed by atoms with Gasteiger partial charge in [-0.3, -0.25) is 9.69 Å². The van der Waals surface area contributed by atoms with Gasteiger partial charge in [0, 0.05) is 55.5 Å². The Morgan fingerprint density at radius 2 is 1.52 bits per heavy atom. The van der Waals surface area contributed by atoms with Crippen molar-refractivity contribution in [2.24, 2.45) is 0 Å². The van der Waals surface area contributed by atoms with Crippen LogP contribution in [0.4, 0.5) is 24.5 Å². The fraction of sp³-hybridized carbons (Fsp3) is 0.552. The van der Waals surface area contributed by atoms with Gasteiger partial charge in [-0.25, -0.2) is 0 Å². The van der Waals surface area contributed by atoms with Crippen LogP contribution in [0.2, 0.25) is 0 Å². The Labute approximate surface area is 252 Å². The fourth-order valence-corrected chi connectivity index (χ4v) is 6.07. The lowest BCUT2D eigenvalue weighted by atomic mass is 10.1. The molecule has 224 valence electrons. The number of ether oxygens (including phenoxy) is 1. The molecule has 0 bridgehead atoms. The molecule has 2 aliphatic rings. The molecule has 1 saturated heterocycles. The molecule has 40 heavy (non-hydrogen) atoms. The molecular formula is C29H40Cl2F3N3O2S. The fourth-order valence-electron chi connectivity index (χ4n) is 4.99. The zero-order chi connectivity index (χ0) is 27.0. The summed E-state index contributed by atoms with van der Waals surface area (Å²) in [5, 5.41) is 0. The number of fused-ring (bicyclic) bond motifs is 2. The van der Waals surface area contributed by atoms with Gasteiger partial charge >= 0.3 is 12.1 Å². The number of alkyl halides is 3. The maximum atomic E-state index is 13.4. The molecule has 0 N–H and O–H groups in total. The minimum absolute atomic E-state index is 0. The Hall–Kier alpha value is -1.65. The van der Waals surface area contributed by atoms with E-state index in [0.29, 0.717) is 25.3 Å². The third kappa shape index (κ3) is 9.72. The molecule has 0 spiro atoms. The van der Waals surface area contributed by atoms with Crippen LogP contribution in [0, 0.1) is 0 Å². The molecule has 2 heterocycles. The summed E-state index contributed by atoms with van der Waals surface area (Å²) in [6, 6.07) is 12.0. The summed E-state index contributed by atoms with van der Waals surface area (Å²) in [5.74, 6) is -0.0960. The van der Waals surface area contributed by atoms with E-state index in [1.54, 1.807) is 6.07 Å². The zero-order valence-electron chi connectivity index (χ0n) is 23.0. The van der Waals surface area contributed by atoms with E-state index in [9.17, 15) is 18.0 Å². The van der Waals surface area contributed by atoms with Crippen molar-refractivity contribution in [3.63, 3.8) is 0 Å². The Balaban J connectivity index is 0.00000280. The second kappa shape index (κ2) is 16.7. The van der Waals surface area contributed by atoms with Gasteiger partial charge in [-0.15, -0.1) is 24.8 Å². The highest BCUT2D eigenvalue weighted by Crippen LogP contribution is 2.49. The number of hydrogen-bond donors (Lipinski definition) is 0. The predicted octanol–water partition coefficient (Wildman–Crippen LogP) is 7.67. The number of halogens is 5. The minimum Gasteiger partial charge on any atom is -0.464 e. The second-order valence-corrected chi connectivity index (χ2v) is 11.1. The monoisotopic (exact) mass is 621 g/mol. The van der Waals surface area contributed by atoms with Crippen LogP contribution in [0.1, 0.15) is 51.0 Å². The zero-order valence-corrected chi connectivity index (χ0v) is 25.4. The van der Waals surface area contributed by atoms with Crippen molar-refractivity contribution in [3.8, 4) is 0 Å². The number of para-hydroxylation sites is 1. The summed E-state index contributed by atoms with van der Waals surface area (Å²) < 4.78 is 45.7. The maximum Gasteiger partial charge on any atom is 0.416 e. The molecule has 0 radical (unpaired) electrons. The molecule has 5 nitrogen and oxygen atoms in total. The lowest BCUT2D eigenvalue weighted by molar-refractivity contribution is -0.144. The van der Waals surface area contributed by atoms with Crippen LogP contribution in [0.3, 0.4) is 0 Å². The molecule has 0 atom stereocenters. The first-order valence-corrected chi connectivity index (χ1v) is 14.5. The van der Waals surface area contributed by atoms with E-state index in [2.05, 4.69) is 16.7 Å². The molecule has 0 aliphatic carbocycles. The third-order valence-electron chi connectivity index (χ3n) is 7.18. The van der Waals surface area contributed by atoms with Crippen LogP contribution < -0.4 is 4.90 Å². The van der Waals surface area contributed by atoms with Gasteiger partial charge in [-0.2, -0.15) is 13.2 Å². The molecule has 2 aliphatic heterocycles. The van der Waals surface area contributed by atoms with E-state index in [0.717, 1.165) is 86.9 Å². The number of nitrogens with zero attached hydrogens (tertiary/aromatic N) is 3. The van der Waals surface area contributed by atoms with E-state index in [1.807, 2.05) is 29.2 Å². The summed E-state index contributed by atoms with van der Waals surface area (Å²) >= 11 is 1.52. The van der Waals surface area contributed by atoms with Gasteiger partial charge in [-0.05, 0) is 49.7 Å². The number of esters is 1. The predicted molar refractivity (Wildman–Crippen MR) is 161 cm³/mol. The number of rotatable bonds is 12. The van der Waals surface area contributed by atoms with Crippen LogP contribution in [-0.4, -0.2) is 68.2 Å². The van der Waals surface area contributed by atoms with Crippen molar-refractivity contribution in [2.75, 3.05) is 57.3 Å². The highest BCUT2D eigenvalue weighted by atomic mass is 35.5.